The smallest absolute Gasteiger partial charge is 0.149 e. The molecule has 0 saturated carbocycles. The molecule has 0 fully saturated rings. The predicted molar refractivity (Wildman–Crippen MR) is 70.1 cm³/mol. The van der Waals surface area contributed by atoms with Crippen LogP contribution in [0, 0.1) is 11.6 Å². The fourth-order valence-corrected chi connectivity index (χ4v) is 1.91. The van der Waals surface area contributed by atoms with Crippen LogP contribution in [0.2, 0.25) is 10.0 Å². The van der Waals surface area contributed by atoms with E-state index in [9.17, 15) is 8.78 Å². The van der Waals surface area contributed by atoms with Gasteiger partial charge in [-0.2, -0.15) is 0 Å². The molecule has 0 aliphatic heterocycles. The first kappa shape index (κ1) is 13.1. The van der Waals surface area contributed by atoms with Crippen molar-refractivity contribution in [2.24, 2.45) is 0 Å². The summed E-state index contributed by atoms with van der Waals surface area (Å²) in [7, 11) is 0. The van der Waals surface area contributed by atoms with Gasteiger partial charge in [0.05, 0.1) is 0 Å². The summed E-state index contributed by atoms with van der Waals surface area (Å²) in [5.41, 5.74) is 0.500. The molecule has 2 aromatic rings. The summed E-state index contributed by atoms with van der Waals surface area (Å²) in [6.45, 7) is 0.192. The molecule has 0 radical (unpaired) electrons. The molecule has 0 atom stereocenters. The number of benzene rings is 2. The van der Waals surface area contributed by atoms with Gasteiger partial charge in [0.1, 0.15) is 17.3 Å². The highest BCUT2D eigenvalue weighted by molar-refractivity contribution is 6.33. The van der Waals surface area contributed by atoms with E-state index in [-0.39, 0.29) is 12.2 Å². The van der Waals surface area contributed by atoms with E-state index in [4.69, 9.17) is 23.2 Å². The number of para-hydroxylation sites is 1. The van der Waals surface area contributed by atoms with Crippen LogP contribution in [-0.4, -0.2) is 0 Å². The number of hydrogen-bond donors (Lipinski definition) is 1. The zero-order valence-electron chi connectivity index (χ0n) is 9.18. The van der Waals surface area contributed by atoms with E-state index < -0.39 is 11.6 Å². The van der Waals surface area contributed by atoms with Gasteiger partial charge in [-0.3, -0.25) is 0 Å². The summed E-state index contributed by atoms with van der Waals surface area (Å²) < 4.78 is 26.7. The number of nitrogens with one attached hydrogen (secondary N) is 1. The Morgan fingerprint density at radius 3 is 2.33 bits per heavy atom. The first-order chi connectivity index (χ1) is 8.58. The van der Waals surface area contributed by atoms with Gasteiger partial charge in [0.25, 0.3) is 0 Å². The van der Waals surface area contributed by atoms with Gasteiger partial charge in [0.15, 0.2) is 0 Å². The lowest BCUT2D eigenvalue weighted by Crippen LogP contribution is -2.04. The van der Waals surface area contributed by atoms with E-state index >= 15 is 0 Å². The lowest BCUT2D eigenvalue weighted by Gasteiger charge is -2.10. The second-order valence-corrected chi connectivity index (χ2v) is 4.53. The van der Waals surface area contributed by atoms with Crippen molar-refractivity contribution >= 4 is 28.9 Å². The zero-order valence-corrected chi connectivity index (χ0v) is 10.7. The van der Waals surface area contributed by atoms with Crippen LogP contribution in [0.3, 0.4) is 0 Å². The third kappa shape index (κ3) is 2.92. The van der Waals surface area contributed by atoms with Crippen molar-refractivity contribution < 1.29 is 8.78 Å². The Kier molecular flexibility index (Phi) is 4.04. The summed E-state index contributed by atoms with van der Waals surface area (Å²) in [6, 6.07) is 8.61. The van der Waals surface area contributed by atoms with Gasteiger partial charge in [0.2, 0.25) is 0 Å². The highest BCUT2D eigenvalue weighted by Crippen LogP contribution is 2.23. The van der Waals surface area contributed by atoms with Gasteiger partial charge in [-0.1, -0.05) is 29.3 Å². The van der Waals surface area contributed by atoms with Crippen LogP contribution < -0.4 is 5.32 Å². The summed E-state index contributed by atoms with van der Waals surface area (Å²) in [6.07, 6.45) is 0. The summed E-state index contributed by atoms with van der Waals surface area (Å²) in [4.78, 5) is 0. The molecule has 0 unspecified atom stereocenters. The van der Waals surface area contributed by atoms with Gasteiger partial charge in [-0.05, 0) is 35.9 Å². The fraction of sp³-hybridized carbons (Fsp3) is 0.0769. The number of hydrogen-bond acceptors (Lipinski definition) is 1. The molecule has 0 spiro atoms. The molecular weight excluding hydrogens is 279 g/mol. The molecule has 2 rings (SSSR count). The molecule has 0 aliphatic rings. The van der Waals surface area contributed by atoms with Gasteiger partial charge in [-0.25, -0.2) is 8.78 Å². The van der Waals surface area contributed by atoms with Crippen LogP contribution >= 0.6 is 23.2 Å². The Balaban J connectivity index is 2.19. The minimum absolute atomic E-state index is 0.173. The molecule has 94 valence electrons. The summed E-state index contributed by atoms with van der Waals surface area (Å²) in [5.74, 6) is -1.29. The van der Waals surface area contributed by atoms with Crippen LogP contribution in [0.15, 0.2) is 36.4 Å². The lowest BCUT2D eigenvalue weighted by atomic mass is 10.2. The van der Waals surface area contributed by atoms with E-state index in [0.29, 0.717) is 15.6 Å². The molecule has 0 aliphatic carbocycles. The number of halogens is 4. The first-order valence-corrected chi connectivity index (χ1v) is 5.95. The fourth-order valence-electron chi connectivity index (χ4n) is 1.53. The van der Waals surface area contributed by atoms with Crippen LogP contribution in [-0.2, 0) is 6.54 Å². The molecule has 5 heteroatoms. The Labute approximate surface area is 113 Å². The van der Waals surface area contributed by atoms with E-state index in [1.807, 2.05) is 0 Å². The second-order valence-electron chi connectivity index (χ2n) is 3.69. The largest absolute Gasteiger partial charge is 0.376 e. The summed E-state index contributed by atoms with van der Waals surface area (Å²) in [5, 5.41) is 3.68. The minimum Gasteiger partial charge on any atom is -0.376 e. The Bertz CT molecular complexity index is 553. The second kappa shape index (κ2) is 5.55. The van der Waals surface area contributed by atoms with Gasteiger partial charge in [-0.15, -0.1) is 0 Å². The van der Waals surface area contributed by atoms with Crippen LogP contribution in [0.4, 0.5) is 14.5 Å². The SMILES string of the molecule is Fc1cccc(F)c1NCc1cc(Cl)ccc1Cl. The third-order valence-electron chi connectivity index (χ3n) is 2.43. The molecular formula is C13H9Cl2F2N. The molecule has 0 amide bonds. The molecule has 1 N–H and O–H groups in total. The third-order valence-corrected chi connectivity index (χ3v) is 3.03. The minimum atomic E-state index is -0.645. The maximum atomic E-state index is 13.4. The van der Waals surface area contributed by atoms with Crippen molar-refractivity contribution in [3.05, 3.63) is 63.6 Å². The van der Waals surface area contributed by atoms with Crippen molar-refractivity contribution in [2.75, 3.05) is 5.32 Å². The molecule has 18 heavy (non-hydrogen) atoms. The normalized spacial score (nSPS) is 10.4. The highest BCUT2D eigenvalue weighted by Gasteiger charge is 2.08. The topological polar surface area (TPSA) is 12.0 Å². The first-order valence-electron chi connectivity index (χ1n) is 5.20. The van der Waals surface area contributed by atoms with Crippen molar-refractivity contribution in [1.82, 2.24) is 0 Å². The van der Waals surface area contributed by atoms with Gasteiger partial charge >= 0.3 is 0 Å². The van der Waals surface area contributed by atoms with Crippen LogP contribution in [0.1, 0.15) is 5.56 Å². The quantitative estimate of drug-likeness (QED) is 0.848. The molecule has 1 nitrogen and oxygen atoms in total. The molecule has 2 aromatic carbocycles. The van der Waals surface area contributed by atoms with E-state index in [2.05, 4.69) is 5.32 Å². The van der Waals surface area contributed by atoms with Crippen LogP contribution in [0.25, 0.3) is 0 Å². The maximum absolute atomic E-state index is 13.4. The van der Waals surface area contributed by atoms with E-state index in [1.165, 1.54) is 18.2 Å². The predicted octanol–water partition coefficient (Wildman–Crippen LogP) is 4.88. The van der Waals surface area contributed by atoms with Crippen molar-refractivity contribution in [3.63, 3.8) is 0 Å². The van der Waals surface area contributed by atoms with E-state index in [0.717, 1.165) is 0 Å². The highest BCUT2D eigenvalue weighted by atomic mass is 35.5. The molecule has 0 saturated heterocycles. The van der Waals surface area contributed by atoms with Crippen molar-refractivity contribution in [3.8, 4) is 0 Å². The number of anilines is 1. The Morgan fingerprint density at radius 1 is 1.00 bits per heavy atom. The monoisotopic (exact) mass is 287 g/mol. The molecule has 0 aromatic heterocycles. The molecule has 0 bridgehead atoms. The zero-order chi connectivity index (χ0) is 13.1. The average Bonchev–Trinajstić information content (AvgIpc) is 2.33. The standard InChI is InChI=1S/C13H9Cl2F2N/c14-9-4-5-10(15)8(6-9)7-18-13-11(16)2-1-3-12(13)17/h1-6,18H,7H2. The van der Waals surface area contributed by atoms with Crippen LogP contribution in [0.5, 0.6) is 0 Å². The number of rotatable bonds is 3. The van der Waals surface area contributed by atoms with E-state index in [1.54, 1.807) is 18.2 Å². The van der Waals surface area contributed by atoms with Crippen molar-refractivity contribution in [1.29, 1.82) is 0 Å². The van der Waals surface area contributed by atoms with Crippen molar-refractivity contribution in [2.45, 2.75) is 6.54 Å². The average molecular weight is 288 g/mol. The van der Waals surface area contributed by atoms with Gasteiger partial charge < -0.3 is 5.32 Å². The maximum Gasteiger partial charge on any atom is 0.149 e. The summed E-state index contributed by atoms with van der Waals surface area (Å²) >= 11 is 11.8. The Morgan fingerprint density at radius 2 is 1.67 bits per heavy atom. The molecule has 0 heterocycles. The Hall–Kier alpha value is -1.32. The lowest BCUT2D eigenvalue weighted by molar-refractivity contribution is 0.588. The van der Waals surface area contributed by atoms with Gasteiger partial charge in [0, 0.05) is 16.6 Å².